The molecule has 0 aromatic carbocycles. The van der Waals surface area contributed by atoms with Gasteiger partial charge in [-0.15, -0.1) is 0 Å². The fraction of sp³-hybridized carbons (Fsp3) is 0.667. The average molecular weight is 404 g/mol. The van der Waals surface area contributed by atoms with Crippen molar-refractivity contribution in [3.63, 3.8) is 0 Å². The van der Waals surface area contributed by atoms with E-state index < -0.39 is 11.5 Å². The number of aromatic nitrogens is 2. The number of nitrogens with zero attached hydrogens (tertiary/aromatic N) is 3. The molecule has 1 unspecified atom stereocenters. The molecule has 8 nitrogen and oxygen atoms in total. The molecule has 2 aliphatic rings. The lowest BCUT2D eigenvalue weighted by Gasteiger charge is -2.29. The molecule has 2 amide bonds. The van der Waals surface area contributed by atoms with Crippen molar-refractivity contribution in [2.24, 2.45) is 5.41 Å². The maximum atomic E-state index is 13.3. The molecule has 160 valence electrons. The van der Waals surface area contributed by atoms with Gasteiger partial charge in [0.05, 0.1) is 12.3 Å². The van der Waals surface area contributed by atoms with Crippen LogP contribution >= 0.6 is 0 Å². The first-order chi connectivity index (χ1) is 13.7. The van der Waals surface area contributed by atoms with Gasteiger partial charge in [0, 0.05) is 20.1 Å². The molecule has 2 aliphatic heterocycles. The molecule has 0 spiro atoms. The summed E-state index contributed by atoms with van der Waals surface area (Å²) < 4.78 is 7.96. The molecule has 0 radical (unpaired) electrons. The largest absolute Gasteiger partial charge is 0.490 e. The smallest absolute Gasteiger partial charge is 0.272 e. The Morgan fingerprint density at radius 2 is 2.00 bits per heavy atom. The van der Waals surface area contributed by atoms with Crippen LogP contribution in [0.1, 0.15) is 62.0 Å². The number of likely N-dealkylation sites (N-methyl/N-ethyl adjacent to an activating group) is 1. The predicted molar refractivity (Wildman–Crippen MR) is 111 cm³/mol. The maximum Gasteiger partial charge on any atom is 0.272 e. The summed E-state index contributed by atoms with van der Waals surface area (Å²) in [5.74, 6) is 0.925. The Balaban J connectivity index is 1.99. The minimum Gasteiger partial charge on any atom is -0.490 e. The van der Waals surface area contributed by atoms with Gasteiger partial charge in [-0.05, 0) is 44.3 Å². The normalized spacial score (nSPS) is 18.7. The van der Waals surface area contributed by atoms with Crippen LogP contribution in [0.4, 0.5) is 0 Å². The Morgan fingerprint density at radius 3 is 2.62 bits per heavy atom. The highest BCUT2D eigenvalue weighted by Crippen LogP contribution is 2.27. The summed E-state index contributed by atoms with van der Waals surface area (Å²) in [5.41, 5.74) is 0.820. The molecule has 0 aliphatic carbocycles. The molecule has 1 atom stereocenters. The molecule has 1 aromatic heterocycles. The molecule has 3 heterocycles. The van der Waals surface area contributed by atoms with Crippen molar-refractivity contribution >= 4 is 17.6 Å². The number of hydrogen-bond acceptors (Lipinski definition) is 5. The Labute approximate surface area is 172 Å². The van der Waals surface area contributed by atoms with Crippen LogP contribution in [0, 0.1) is 5.41 Å². The summed E-state index contributed by atoms with van der Waals surface area (Å²) >= 11 is 0. The molecular weight excluding hydrogens is 370 g/mol. The third-order valence-electron chi connectivity index (χ3n) is 5.44. The van der Waals surface area contributed by atoms with E-state index in [-0.39, 0.29) is 11.8 Å². The number of allylic oxidation sites excluding steroid dienone is 1. The Morgan fingerprint density at radius 1 is 1.24 bits per heavy atom. The van der Waals surface area contributed by atoms with E-state index in [1.807, 2.05) is 27.8 Å². The number of carbonyl (C=O) groups is 2. The zero-order chi connectivity index (χ0) is 21.2. The van der Waals surface area contributed by atoms with Crippen molar-refractivity contribution in [1.82, 2.24) is 25.1 Å². The highest BCUT2D eigenvalue weighted by Gasteiger charge is 2.35. The van der Waals surface area contributed by atoms with E-state index in [1.54, 1.807) is 7.05 Å². The van der Waals surface area contributed by atoms with Crippen molar-refractivity contribution in [1.29, 1.82) is 0 Å². The summed E-state index contributed by atoms with van der Waals surface area (Å²) in [6.07, 6.45) is 4.97. The lowest BCUT2D eigenvalue weighted by Crippen LogP contribution is -2.53. The van der Waals surface area contributed by atoms with Crippen LogP contribution in [0.3, 0.4) is 0 Å². The number of fused-ring (bicyclic) bond motifs is 1. The third kappa shape index (κ3) is 4.63. The van der Waals surface area contributed by atoms with Crippen molar-refractivity contribution in [3.05, 3.63) is 23.3 Å². The molecule has 0 fully saturated rings. The van der Waals surface area contributed by atoms with Crippen molar-refractivity contribution in [2.75, 3.05) is 27.2 Å². The van der Waals surface area contributed by atoms with Gasteiger partial charge < -0.3 is 24.8 Å². The first-order valence-corrected chi connectivity index (χ1v) is 10.4. The lowest BCUT2D eigenvalue weighted by atomic mass is 9.86. The zero-order valence-corrected chi connectivity index (χ0v) is 18.2. The average Bonchev–Trinajstić information content (AvgIpc) is 2.92. The number of nitrogens with one attached hydrogen (secondary N) is 2. The lowest BCUT2D eigenvalue weighted by molar-refractivity contribution is -0.124. The number of rotatable bonds is 4. The number of imidazole rings is 1. The van der Waals surface area contributed by atoms with Gasteiger partial charge in [0.1, 0.15) is 6.04 Å². The molecule has 29 heavy (non-hydrogen) atoms. The molecule has 8 heteroatoms. The summed E-state index contributed by atoms with van der Waals surface area (Å²) in [4.78, 5) is 32.6. The van der Waals surface area contributed by atoms with Crippen LogP contribution in [0.15, 0.2) is 6.08 Å². The van der Waals surface area contributed by atoms with Gasteiger partial charge in [0.2, 0.25) is 5.91 Å². The summed E-state index contributed by atoms with van der Waals surface area (Å²) in [6.45, 7) is 8.82. The number of amides is 2. The second-order valence-electron chi connectivity index (χ2n) is 8.92. The minimum absolute atomic E-state index is 0.216. The number of ether oxygens (including phenoxy) is 1. The van der Waals surface area contributed by atoms with Gasteiger partial charge in [-0.2, -0.15) is 0 Å². The van der Waals surface area contributed by atoms with Crippen LogP contribution in [-0.2, 0) is 22.6 Å². The van der Waals surface area contributed by atoms with Crippen molar-refractivity contribution in [3.8, 4) is 0 Å². The first-order valence-electron chi connectivity index (χ1n) is 10.4. The van der Waals surface area contributed by atoms with E-state index in [2.05, 4.69) is 26.2 Å². The van der Waals surface area contributed by atoms with E-state index in [4.69, 9.17) is 9.72 Å². The Kier molecular flexibility index (Phi) is 6.31. The van der Waals surface area contributed by atoms with Gasteiger partial charge in [-0.3, -0.25) is 9.59 Å². The van der Waals surface area contributed by atoms with Crippen molar-refractivity contribution < 1.29 is 14.3 Å². The summed E-state index contributed by atoms with van der Waals surface area (Å²) in [6, 6.07) is -0.658. The van der Waals surface area contributed by atoms with Gasteiger partial charge >= 0.3 is 0 Å². The monoisotopic (exact) mass is 403 g/mol. The maximum absolute atomic E-state index is 13.3. The SMILES string of the molecule is CNC(=O)C(NC(=O)c1nc(C2=CCCCO2)n2c1CN(C)CCC2)C(C)(C)C. The quantitative estimate of drug-likeness (QED) is 0.800. The fourth-order valence-corrected chi connectivity index (χ4v) is 3.82. The standard InChI is InChI=1S/C21H33N5O3/c1-21(2,3)17(20(28)22-4)24-19(27)16-14-13-25(5)10-8-11-26(14)18(23-16)15-9-6-7-12-29-15/h9,17H,6-8,10-13H2,1-5H3,(H,22,28)(H,24,27). The molecular formula is C21H33N5O3. The van der Waals surface area contributed by atoms with Crippen molar-refractivity contribution in [2.45, 2.75) is 59.2 Å². The van der Waals surface area contributed by atoms with E-state index in [9.17, 15) is 9.59 Å². The molecule has 0 saturated heterocycles. The first kappa shape index (κ1) is 21.4. The van der Waals surface area contributed by atoms with Crippen LogP contribution in [0.2, 0.25) is 0 Å². The van der Waals surface area contributed by atoms with Gasteiger partial charge in [-0.25, -0.2) is 4.98 Å². The van der Waals surface area contributed by atoms with Crippen LogP contribution in [-0.4, -0.2) is 59.6 Å². The van der Waals surface area contributed by atoms with Gasteiger partial charge in [-0.1, -0.05) is 20.8 Å². The second kappa shape index (κ2) is 8.57. The topological polar surface area (TPSA) is 88.5 Å². The van der Waals surface area contributed by atoms with E-state index in [0.29, 0.717) is 24.7 Å². The number of carbonyl (C=O) groups excluding carboxylic acids is 2. The molecule has 3 rings (SSSR count). The molecule has 0 bridgehead atoms. The van der Waals surface area contributed by atoms with E-state index >= 15 is 0 Å². The molecule has 2 N–H and O–H groups in total. The van der Waals surface area contributed by atoms with Crippen LogP contribution in [0.25, 0.3) is 5.76 Å². The van der Waals surface area contributed by atoms with Crippen LogP contribution < -0.4 is 10.6 Å². The minimum atomic E-state index is -0.658. The number of hydrogen-bond donors (Lipinski definition) is 2. The predicted octanol–water partition coefficient (Wildman–Crippen LogP) is 1.76. The van der Waals surface area contributed by atoms with Gasteiger partial charge in [0.15, 0.2) is 17.3 Å². The van der Waals surface area contributed by atoms with E-state index in [0.717, 1.165) is 43.8 Å². The fourth-order valence-electron chi connectivity index (χ4n) is 3.82. The Bertz CT molecular complexity index is 806. The highest BCUT2D eigenvalue weighted by molar-refractivity contribution is 5.97. The third-order valence-corrected chi connectivity index (χ3v) is 5.44. The Hall–Kier alpha value is -2.35. The zero-order valence-electron chi connectivity index (χ0n) is 18.2. The molecule has 1 aromatic rings. The second-order valence-corrected chi connectivity index (χ2v) is 8.92. The van der Waals surface area contributed by atoms with Crippen LogP contribution in [0.5, 0.6) is 0 Å². The summed E-state index contributed by atoms with van der Waals surface area (Å²) in [5, 5.41) is 5.57. The summed E-state index contributed by atoms with van der Waals surface area (Å²) in [7, 11) is 3.62. The highest BCUT2D eigenvalue weighted by atomic mass is 16.5. The molecule has 0 saturated carbocycles. The van der Waals surface area contributed by atoms with E-state index in [1.165, 1.54) is 0 Å². The van der Waals surface area contributed by atoms with Gasteiger partial charge in [0.25, 0.3) is 5.91 Å².